The maximum absolute atomic E-state index is 13.3. The number of fused-ring (bicyclic) bond motifs is 1. The number of amidine groups is 1. The fourth-order valence-electron chi connectivity index (χ4n) is 1.95. The van der Waals surface area contributed by atoms with Crippen molar-refractivity contribution in [3.8, 4) is 11.3 Å². The van der Waals surface area contributed by atoms with Gasteiger partial charge < -0.3 is 0 Å². The molecule has 3 rings (SSSR count). The first-order chi connectivity index (χ1) is 9.28. The average Bonchev–Trinajstić information content (AvgIpc) is 2.69. The Bertz CT molecular complexity index is 673. The second-order valence-electron chi connectivity index (χ2n) is 4.07. The highest BCUT2D eigenvalue weighted by Gasteiger charge is 2.13. The van der Waals surface area contributed by atoms with E-state index < -0.39 is 0 Å². The van der Waals surface area contributed by atoms with E-state index in [4.69, 9.17) is 0 Å². The number of aromatic nitrogens is 2. The number of imidazole rings is 1. The molecule has 1 N–H and O–H groups in total. The summed E-state index contributed by atoms with van der Waals surface area (Å²) in [6.45, 7) is 0. The normalized spacial score (nSPS) is 13.7. The maximum Gasteiger partial charge on any atom is 0.174 e. The molecule has 96 valence electrons. The second-order valence-corrected chi connectivity index (χ2v) is 4.07. The van der Waals surface area contributed by atoms with E-state index in [0.717, 1.165) is 0 Å². The smallest absolute Gasteiger partial charge is 0.174 e. The van der Waals surface area contributed by atoms with Crippen LogP contribution in [-0.2, 0) is 6.42 Å². The number of halogens is 2. The van der Waals surface area contributed by atoms with Crippen molar-refractivity contribution in [2.45, 2.75) is 6.42 Å². The molecule has 0 saturated heterocycles. The van der Waals surface area contributed by atoms with Crippen molar-refractivity contribution in [2.75, 3.05) is 0 Å². The molecule has 2 aromatic rings. The standard InChI is InChI=1S/C13H10F2N4/c14-10-4-1-3-9(7-10)11-8-16-13-6-2-5-12(17-15)18-19(11)13/h1-5,7-8H,6H2,(H,17,18). The molecule has 0 amide bonds. The quantitative estimate of drug-likeness (QED) is 0.800. The lowest BCUT2D eigenvalue weighted by Gasteiger charge is -2.05. The summed E-state index contributed by atoms with van der Waals surface area (Å²) in [7, 11) is 0. The first-order valence-corrected chi connectivity index (χ1v) is 5.72. The lowest BCUT2D eigenvalue weighted by molar-refractivity contribution is 0.432. The van der Waals surface area contributed by atoms with Crippen LogP contribution in [0.4, 0.5) is 8.87 Å². The molecule has 2 heterocycles. The van der Waals surface area contributed by atoms with E-state index in [0.29, 0.717) is 23.5 Å². The zero-order chi connectivity index (χ0) is 13.2. The molecule has 1 aliphatic rings. The van der Waals surface area contributed by atoms with Gasteiger partial charge in [0.25, 0.3) is 0 Å². The van der Waals surface area contributed by atoms with Gasteiger partial charge in [-0.2, -0.15) is 0 Å². The summed E-state index contributed by atoms with van der Waals surface area (Å²) >= 11 is 0. The highest BCUT2D eigenvalue weighted by atomic mass is 19.2. The van der Waals surface area contributed by atoms with Crippen LogP contribution in [0, 0.1) is 5.82 Å². The van der Waals surface area contributed by atoms with Crippen molar-refractivity contribution in [3.05, 3.63) is 54.3 Å². The summed E-state index contributed by atoms with van der Waals surface area (Å²) in [4.78, 5) is 4.22. The van der Waals surface area contributed by atoms with Crippen LogP contribution in [0.15, 0.2) is 47.7 Å². The molecule has 0 aliphatic carbocycles. The van der Waals surface area contributed by atoms with Crippen LogP contribution in [0.3, 0.4) is 0 Å². The van der Waals surface area contributed by atoms with Gasteiger partial charge in [0, 0.05) is 12.0 Å². The molecule has 0 spiro atoms. The molecule has 0 radical (unpaired) electrons. The number of hydrogen-bond acceptors (Lipinski definition) is 3. The van der Waals surface area contributed by atoms with Gasteiger partial charge in [0.05, 0.1) is 11.9 Å². The number of rotatable bonds is 1. The average molecular weight is 260 g/mol. The Morgan fingerprint density at radius 3 is 3.00 bits per heavy atom. The molecule has 0 saturated carbocycles. The lowest BCUT2D eigenvalue weighted by atomic mass is 10.2. The Morgan fingerprint density at radius 2 is 2.21 bits per heavy atom. The fourth-order valence-corrected chi connectivity index (χ4v) is 1.95. The first kappa shape index (κ1) is 11.6. The van der Waals surface area contributed by atoms with E-state index >= 15 is 0 Å². The summed E-state index contributed by atoms with van der Waals surface area (Å²) < 4.78 is 27.3. The maximum atomic E-state index is 13.3. The second kappa shape index (κ2) is 4.64. The van der Waals surface area contributed by atoms with Crippen molar-refractivity contribution < 1.29 is 8.87 Å². The molecule has 0 fully saturated rings. The predicted molar refractivity (Wildman–Crippen MR) is 67.5 cm³/mol. The van der Waals surface area contributed by atoms with E-state index in [-0.39, 0.29) is 11.7 Å². The minimum absolute atomic E-state index is 0.0782. The SMILES string of the molecule is FNC1=Nn2c(-c3cccc(F)c3)cnc2CC=C1. The molecule has 1 aromatic carbocycles. The van der Waals surface area contributed by atoms with Crippen molar-refractivity contribution in [3.63, 3.8) is 0 Å². The highest BCUT2D eigenvalue weighted by Crippen LogP contribution is 2.22. The van der Waals surface area contributed by atoms with E-state index in [9.17, 15) is 8.87 Å². The number of hydrogen-bond donors (Lipinski definition) is 1. The monoisotopic (exact) mass is 260 g/mol. The first-order valence-electron chi connectivity index (χ1n) is 5.72. The molecule has 19 heavy (non-hydrogen) atoms. The fraction of sp³-hybridized carbons (Fsp3) is 0.0769. The number of nitrogens with one attached hydrogen (secondary N) is 1. The number of allylic oxidation sites excluding steroid dienone is 1. The zero-order valence-corrected chi connectivity index (χ0v) is 9.85. The summed E-state index contributed by atoms with van der Waals surface area (Å²) in [5, 5.41) is 4.10. The molecule has 1 aliphatic heterocycles. The van der Waals surface area contributed by atoms with E-state index in [1.807, 2.05) is 0 Å². The predicted octanol–water partition coefficient (Wildman–Crippen LogP) is 2.44. The molecular weight excluding hydrogens is 250 g/mol. The van der Waals surface area contributed by atoms with Crippen LogP contribution in [0.2, 0.25) is 0 Å². The summed E-state index contributed by atoms with van der Waals surface area (Å²) in [6.07, 6.45) is 5.42. The van der Waals surface area contributed by atoms with Gasteiger partial charge in [0.2, 0.25) is 0 Å². The zero-order valence-electron chi connectivity index (χ0n) is 9.85. The van der Waals surface area contributed by atoms with Gasteiger partial charge in [-0.05, 0) is 18.2 Å². The third-order valence-corrected chi connectivity index (χ3v) is 2.81. The van der Waals surface area contributed by atoms with Crippen LogP contribution in [-0.4, -0.2) is 15.5 Å². The van der Waals surface area contributed by atoms with E-state index in [1.54, 1.807) is 24.4 Å². The Labute approximate surface area is 108 Å². The Hall–Kier alpha value is -2.50. The lowest BCUT2D eigenvalue weighted by Crippen LogP contribution is -2.12. The van der Waals surface area contributed by atoms with Crippen molar-refractivity contribution in [2.24, 2.45) is 5.10 Å². The van der Waals surface area contributed by atoms with Gasteiger partial charge in [-0.3, -0.25) is 0 Å². The van der Waals surface area contributed by atoms with Crippen LogP contribution >= 0.6 is 0 Å². The molecule has 0 atom stereocenters. The van der Waals surface area contributed by atoms with Gasteiger partial charge in [0.15, 0.2) is 5.84 Å². The van der Waals surface area contributed by atoms with Gasteiger partial charge in [-0.15, -0.1) is 9.58 Å². The number of nitrogens with zero attached hydrogens (tertiary/aromatic N) is 3. The van der Waals surface area contributed by atoms with Crippen LogP contribution in [0.5, 0.6) is 0 Å². The molecule has 0 unspecified atom stereocenters. The molecule has 0 bridgehead atoms. The largest absolute Gasteiger partial charge is 0.239 e. The summed E-state index contributed by atoms with van der Waals surface area (Å²) in [6, 6.07) is 6.12. The molecule has 4 nitrogen and oxygen atoms in total. The van der Waals surface area contributed by atoms with Gasteiger partial charge in [0.1, 0.15) is 11.6 Å². The number of benzene rings is 1. The molecule has 1 aromatic heterocycles. The van der Waals surface area contributed by atoms with Crippen LogP contribution in [0.1, 0.15) is 5.82 Å². The minimum Gasteiger partial charge on any atom is -0.239 e. The van der Waals surface area contributed by atoms with E-state index in [1.165, 1.54) is 28.4 Å². The van der Waals surface area contributed by atoms with Gasteiger partial charge in [-0.25, -0.2) is 19.6 Å². The van der Waals surface area contributed by atoms with Crippen molar-refractivity contribution >= 4 is 5.84 Å². The highest BCUT2D eigenvalue weighted by molar-refractivity contribution is 5.92. The molecule has 6 heteroatoms. The van der Waals surface area contributed by atoms with Crippen molar-refractivity contribution in [1.82, 2.24) is 15.2 Å². The topological polar surface area (TPSA) is 42.2 Å². The summed E-state index contributed by atoms with van der Waals surface area (Å²) in [5.41, 5.74) is 2.76. The van der Waals surface area contributed by atoms with Crippen LogP contribution < -0.4 is 5.54 Å². The Morgan fingerprint density at radius 1 is 1.32 bits per heavy atom. The Kier molecular flexibility index (Phi) is 2.83. The molecular formula is C13H10F2N4. The van der Waals surface area contributed by atoms with E-state index in [2.05, 4.69) is 10.1 Å². The third kappa shape index (κ3) is 2.12. The third-order valence-electron chi connectivity index (χ3n) is 2.81. The van der Waals surface area contributed by atoms with Gasteiger partial charge in [-0.1, -0.05) is 18.2 Å². The summed E-state index contributed by atoms with van der Waals surface area (Å²) in [5.74, 6) is 0.405. The minimum atomic E-state index is -0.340. The van der Waals surface area contributed by atoms with Crippen molar-refractivity contribution in [1.29, 1.82) is 0 Å². The Balaban J connectivity index is 2.14. The van der Waals surface area contributed by atoms with Gasteiger partial charge >= 0.3 is 0 Å². The van der Waals surface area contributed by atoms with Crippen LogP contribution in [0.25, 0.3) is 11.3 Å².